The quantitative estimate of drug-likeness (QED) is 0.470. The van der Waals surface area contributed by atoms with Crippen molar-refractivity contribution in [3.05, 3.63) is 47.4 Å². The molecular weight excluding hydrogens is 290 g/mol. The van der Waals surface area contributed by atoms with Gasteiger partial charge in [0.15, 0.2) is 0 Å². The van der Waals surface area contributed by atoms with Crippen molar-refractivity contribution >= 4 is 29.2 Å². The molecule has 0 aliphatic heterocycles. The molecule has 1 heterocycles. The molecule has 3 nitrogen and oxygen atoms in total. The standard InChI is InChI=1S/C15H18ClN3S/c1-2-6-14-18-13(16)11-15(19-14)17-9-10-20-12-7-4-3-5-8-12/h3-5,7-8,11H,2,6,9-10H2,1H3,(H,17,18,19). The molecule has 0 atom stereocenters. The van der Waals surface area contributed by atoms with Gasteiger partial charge in [-0.2, -0.15) is 0 Å². The highest BCUT2D eigenvalue weighted by atomic mass is 35.5. The SMILES string of the molecule is CCCc1nc(Cl)cc(NCCSc2ccccc2)n1. The van der Waals surface area contributed by atoms with Gasteiger partial charge >= 0.3 is 0 Å². The van der Waals surface area contributed by atoms with Crippen LogP contribution in [0.4, 0.5) is 5.82 Å². The zero-order valence-corrected chi connectivity index (χ0v) is 13.0. The lowest BCUT2D eigenvalue weighted by molar-refractivity contribution is 0.835. The van der Waals surface area contributed by atoms with Gasteiger partial charge in [0.25, 0.3) is 0 Å². The van der Waals surface area contributed by atoms with E-state index in [4.69, 9.17) is 11.6 Å². The third kappa shape index (κ3) is 5.02. The second-order valence-electron chi connectivity index (χ2n) is 4.33. The van der Waals surface area contributed by atoms with Crippen molar-refractivity contribution in [1.82, 2.24) is 9.97 Å². The van der Waals surface area contributed by atoms with Crippen LogP contribution in [-0.4, -0.2) is 22.3 Å². The van der Waals surface area contributed by atoms with Crippen LogP contribution in [0.15, 0.2) is 41.3 Å². The second-order valence-corrected chi connectivity index (χ2v) is 5.89. The van der Waals surface area contributed by atoms with Crippen molar-refractivity contribution in [3.8, 4) is 0 Å². The number of hydrogen-bond donors (Lipinski definition) is 1. The Morgan fingerprint density at radius 1 is 1.20 bits per heavy atom. The normalized spacial score (nSPS) is 10.5. The van der Waals surface area contributed by atoms with Crippen molar-refractivity contribution in [2.24, 2.45) is 0 Å². The van der Waals surface area contributed by atoms with Gasteiger partial charge in [-0.15, -0.1) is 11.8 Å². The van der Waals surface area contributed by atoms with E-state index in [0.29, 0.717) is 5.15 Å². The fourth-order valence-electron chi connectivity index (χ4n) is 1.76. The first-order valence-corrected chi connectivity index (χ1v) is 8.09. The maximum absolute atomic E-state index is 6.00. The summed E-state index contributed by atoms with van der Waals surface area (Å²) in [6, 6.07) is 12.1. The molecule has 0 aliphatic carbocycles. The summed E-state index contributed by atoms with van der Waals surface area (Å²) >= 11 is 7.82. The van der Waals surface area contributed by atoms with Crippen LogP contribution < -0.4 is 5.32 Å². The fourth-order valence-corrected chi connectivity index (χ4v) is 2.75. The van der Waals surface area contributed by atoms with Gasteiger partial charge in [0.1, 0.15) is 16.8 Å². The number of anilines is 1. The minimum Gasteiger partial charge on any atom is -0.369 e. The van der Waals surface area contributed by atoms with E-state index in [2.05, 4.69) is 46.5 Å². The molecule has 0 amide bonds. The van der Waals surface area contributed by atoms with Gasteiger partial charge in [-0.05, 0) is 18.6 Å². The number of aromatic nitrogens is 2. The van der Waals surface area contributed by atoms with E-state index >= 15 is 0 Å². The van der Waals surface area contributed by atoms with Crippen LogP contribution in [0.2, 0.25) is 5.15 Å². The smallest absolute Gasteiger partial charge is 0.134 e. The summed E-state index contributed by atoms with van der Waals surface area (Å²) in [5, 5.41) is 3.80. The molecule has 5 heteroatoms. The van der Waals surface area contributed by atoms with Crippen molar-refractivity contribution in [2.45, 2.75) is 24.7 Å². The van der Waals surface area contributed by atoms with Gasteiger partial charge in [-0.25, -0.2) is 9.97 Å². The second kappa shape index (κ2) is 8.12. The maximum atomic E-state index is 6.00. The summed E-state index contributed by atoms with van der Waals surface area (Å²) in [6.07, 6.45) is 1.87. The maximum Gasteiger partial charge on any atom is 0.134 e. The van der Waals surface area contributed by atoms with E-state index in [1.165, 1.54) is 4.90 Å². The average Bonchev–Trinajstić information content (AvgIpc) is 2.45. The molecule has 0 saturated heterocycles. The largest absolute Gasteiger partial charge is 0.369 e. The first-order valence-electron chi connectivity index (χ1n) is 6.73. The number of aryl methyl sites for hydroxylation is 1. The lowest BCUT2D eigenvalue weighted by atomic mass is 10.3. The van der Waals surface area contributed by atoms with E-state index in [1.54, 1.807) is 6.07 Å². The Hall–Kier alpha value is -1.26. The number of thioether (sulfide) groups is 1. The number of benzene rings is 1. The first kappa shape index (κ1) is 15.1. The summed E-state index contributed by atoms with van der Waals surface area (Å²) in [5.41, 5.74) is 0. The van der Waals surface area contributed by atoms with Crippen molar-refractivity contribution in [3.63, 3.8) is 0 Å². The first-order chi connectivity index (χ1) is 9.78. The van der Waals surface area contributed by atoms with E-state index in [-0.39, 0.29) is 0 Å². The number of nitrogens with one attached hydrogen (secondary N) is 1. The van der Waals surface area contributed by atoms with Crippen LogP contribution >= 0.6 is 23.4 Å². The molecule has 0 saturated carbocycles. The Balaban J connectivity index is 1.81. The molecule has 20 heavy (non-hydrogen) atoms. The molecule has 0 radical (unpaired) electrons. The predicted molar refractivity (Wildman–Crippen MR) is 86.7 cm³/mol. The zero-order chi connectivity index (χ0) is 14.2. The third-order valence-electron chi connectivity index (χ3n) is 2.63. The van der Waals surface area contributed by atoms with Gasteiger partial charge < -0.3 is 5.32 Å². The molecule has 1 N–H and O–H groups in total. The fraction of sp³-hybridized carbons (Fsp3) is 0.333. The van der Waals surface area contributed by atoms with E-state index < -0.39 is 0 Å². The Kier molecular flexibility index (Phi) is 6.15. The van der Waals surface area contributed by atoms with Crippen LogP contribution in [0.25, 0.3) is 0 Å². The monoisotopic (exact) mass is 307 g/mol. The van der Waals surface area contributed by atoms with Gasteiger partial charge in [0, 0.05) is 29.7 Å². The number of nitrogens with zero attached hydrogens (tertiary/aromatic N) is 2. The minimum absolute atomic E-state index is 0.502. The molecule has 1 aromatic carbocycles. The highest BCUT2D eigenvalue weighted by Gasteiger charge is 2.02. The molecule has 1 aromatic heterocycles. The highest BCUT2D eigenvalue weighted by molar-refractivity contribution is 7.99. The molecule has 2 aromatic rings. The Morgan fingerprint density at radius 3 is 2.75 bits per heavy atom. The van der Waals surface area contributed by atoms with Crippen molar-refractivity contribution in [1.29, 1.82) is 0 Å². The van der Waals surface area contributed by atoms with Gasteiger partial charge in [0.05, 0.1) is 0 Å². The van der Waals surface area contributed by atoms with Crippen LogP contribution in [0.3, 0.4) is 0 Å². The van der Waals surface area contributed by atoms with Crippen LogP contribution in [0, 0.1) is 0 Å². The minimum atomic E-state index is 0.502. The van der Waals surface area contributed by atoms with Gasteiger partial charge in [0.2, 0.25) is 0 Å². The van der Waals surface area contributed by atoms with E-state index in [9.17, 15) is 0 Å². The van der Waals surface area contributed by atoms with Crippen LogP contribution in [0.1, 0.15) is 19.2 Å². The Bertz CT molecular complexity index is 534. The zero-order valence-electron chi connectivity index (χ0n) is 11.5. The van der Waals surface area contributed by atoms with Crippen LogP contribution in [-0.2, 0) is 6.42 Å². The Labute approximate surface area is 129 Å². The summed E-state index contributed by atoms with van der Waals surface area (Å²) < 4.78 is 0. The third-order valence-corrected chi connectivity index (χ3v) is 3.84. The summed E-state index contributed by atoms with van der Waals surface area (Å²) in [7, 11) is 0. The summed E-state index contributed by atoms with van der Waals surface area (Å²) in [4.78, 5) is 9.94. The summed E-state index contributed by atoms with van der Waals surface area (Å²) in [6.45, 7) is 2.95. The molecule has 0 unspecified atom stereocenters. The van der Waals surface area contributed by atoms with E-state index in [1.807, 2.05) is 17.8 Å². The van der Waals surface area contributed by atoms with Crippen molar-refractivity contribution < 1.29 is 0 Å². The molecule has 0 aliphatic rings. The molecule has 0 bridgehead atoms. The van der Waals surface area contributed by atoms with Gasteiger partial charge in [-0.1, -0.05) is 36.7 Å². The highest BCUT2D eigenvalue weighted by Crippen LogP contribution is 2.17. The lowest BCUT2D eigenvalue weighted by Gasteiger charge is -2.07. The molecule has 2 rings (SSSR count). The van der Waals surface area contributed by atoms with E-state index in [0.717, 1.165) is 36.8 Å². The number of rotatable bonds is 7. The lowest BCUT2D eigenvalue weighted by Crippen LogP contribution is -2.07. The molecule has 0 spiro atoms. The van der Waals surface area contributed by atoms with Crippen LogP contribution in [0.5, 0.6) is 0 Å². The topological polar surface area (TPSA) is 37.8 Å². The average molecular weight is 308 g/mol. The molecule has 0 fully saturated rings. The molecule has 106 valence electrons. The van der Waals surface area contributed by atoms with Gasteiger partial charge in [-0.3, -0.25) is 0 Å². The number of hydrogen-bond acceptors (Lipinski definition) is 4. The van der Waals surface area contributed by atoms with Crippen molar-refractivity contribution in [2.75, 3.05) is 17.6 Å². The Morgan fingerprint density at radius 2 is 2.00 bits per heavy atom. The number of halogens is 1. The summed E-state index contributed by atoms with van der Waals surface area (Å²) in [5.74, 6) is 2.59. The molecular formula is C15H18ClN3S. The predicted octanol–water partition coefficient (Wildman–Crippen LogP) is 4.29.